The minimum Gasteiger partial charge on any atom is -0.313 e. The first-order chi connectivity index (χ1) is 8.59. The lowest BCUT2D eigenvalue weighted by molar-refractivity contribution is 0.397. The van der Waals surface area contributed by atoms with Gasteiger partial charge in [-0.3, -0.25) is 0 Å². The summed E-state index contributed by atoms with van der Waals surface area (Å²) in [7, 11) is -3.87. The maximum Gasteiger partial charge on any atom is 0.261 e. The molecule has 1 aromatic rings. The highest BCUT2D eigenvalue weighted by molar-refractivity contribution is 7.89. The van der Waals surface area contributed by atoms with Gasteiger partial charge < -0.3 is 5.32 Å². The Hall–Kier alpha value is -1.05. The Morgan fingerprint density at radius 3 is 3.00 bits per heavy atom. The first kappa shape index (κ1) is 13.4. The van der Waals surface area contributed by atoms with Crippen LogP contribution >= 0.6 is 0 Å². The Morgan fingerprint density at radius 1 is 1.50 bits per heavy atom. The molecule has 5 nitrogen and oxygen atoms in total. The highest BCUT2D eigenvalue weighted by Crippen LogP contribution is 2.11. The number of rotatable bonds is 4. The number of nitrogens with zero attached hydrogens (tertiary/aromatic N) is 1. The average molecular weight is 273 g/mol. The molecule has 2 rings (SSSR count). The molecular formula is C11H16FN3O2S. The van der Waals surface area contributed by atoms with Crippen LogP contribution < -0.4 is 10.0 Å². The Bertz CT molecular complexity index is 501. The summed E-state index contributed by atoms with van der Waals surface area (Å²) in [5, 5.41) is 2.68. The summed E-state index contributed by atoms with van der Waals surface area (Å²) in [6.07, 6.45) is 4.37. The fourth-order valence-electron chi connectivity index (χ4n) is 1.95. The number of pyridine rings is 1. The van der Waals surface area contributed by atoms with Gasteiger partial charge in [0.15, 0.2) is 5.82 Å². The zero-order valence-electron chi connectivity index (χ0n) is 9.89. The molecule has 1 fully saturated rings. The molecule has 18 heavy (non-hydrogen) atoms. The van der Waals surface area contributed by atoms with Gasteiger partial charge in [-0.15, -0.1) is 0 Å². The van der Waals surface area contributed by atoms with E-state index in [2.05, 4.69) is 15.0 Å². The molecule has 0 radical (unpaired) electrons. The van der Waals surface area contributed by atoms with Crippen molar-refractivity contribution in [1.29, 1.82) is 0 Å². The minimum atomic E-state index is -3.87. The van der Waals surface area contributed by atoms with Crippen LogP contribution in [0.5, 0.6) is 0 Å². The molecule has 0 saturated carbocycles. The number of aromatic nitrogens is 1. The molecule has 1 atom stereocenters. The Balaban J connectivity index is 2.01. The van der Waals surface area contributed by atoms with E-state index in [1.54, 1.807) is 0 Å². The first-order valence-corrected chi connectivity index (χ1v) is 7.41. The Morgan fingerprint density at radius 2 is 2.33 bits per heavy atom. The van der Waals surface area contributed by atoms with Crippen LogP contribution in [0, 0.1) is 5.82 Å². The number of hydrogen-bond donors (Lipinski definition) is 2. The highest BCUT2D eigenvalue weighted by atomic mass is 32.2. The number of hydrogen-bond acceptors (Lipinski definition) is 4. The summed E-state index contributed by atoms with van der Waals surface area (Å²) >= 11 is 0. The predicted octanol–water partition coefficient (Wildman–Crippen LogP) is 0.641. The van der Waals surface area contributed by atoms with Gasteiger partial charge in [-0.05, 0) is 31.5 Å². The molecule has 1 aromatic heterocycles. The van der Waals surface area contributed by atoms with Gasteiger partial charge in [-0.25, -0.2) is 22.5 Å². The molecule has 0 aromatic carbocycles. The number of sulfonamides is 1. The topological polar surface area (TPSA) is 71.1 Å². The molecule has 1 aliphatic rings. The SMILES string of the molecule is O=S(=O)(NCC1CCCCN1)c1ncccc1F. The number of halogens is 1. The molecular weight excluding hydrogens is 257 g/mol. The predicted molar refractivity (Wildman–Crippen MR) is 65.0 cm³/mol. The van der Waals surface area contributed by atoms with E-state index >= 15 is 0 Å². The average Bonchev–Trinajstić information content (AvgIpc) is 2.38. The Kier molecular flexibility index (Phi) is 4.26. The highest BCUT2D eigenvalue weighted by Gasteiger charge is 2.22. The lowest BCUT2D eigenvalue weighted by Crippen LogP contribution is -2.43. The van der Waals surface area contributed by atoms with Crippen molar-refractivity contribution < 1.29 is 12.8 Å². The van der Waals surface area contributed by atoms with Gasteiger partial charge in [0.05, 0.1) is 0 Å². The summed E-state index contributed by atoms with van der Waals surface area (Å²) in [6.45, 7) is 1.16. The molecule has 1 saturated heterocycles. The van der Waals surface area contributed by atoms with Gasteiger partial charge in [0.2, 0.25) is 5.03 Å². The second-order valence-corrected chi connectivity index (χ2v) is 5.97. The van der Waals surface area contributed by atoms with Crippen LogP contribution in [0.2, 0.25) is 0 Å². The number of nitrogens with one attached hydrogen (secondary N) is 2. The quantitative estimate of drug-likeness (QED) is 0.844. The van der Waals surface area contributed by atoms with Crippen LogP contribution in [0.25, 0.3) is 0 Å². The van der Waals surface area contributed by atoms with Crippen LogP contribution in [0.4, 0.5) is 4.39 Å². The number of piperidine rings is 1. The third-order valence-electron chi connectivity index (χ3n) is 2.91. The summed E-state index contributed by atoms with van der Waals surface area (Å²) in [6, 6.07) is 2.55. The standard InChI is InChI=1S/C11H16FN3O2S/c12-10-5-3-7-14-11(10)18(16,17)15-8-9-4-1-2-6-13-9/h3,5,7,9,13,15H,1-2,4,6,8H2. The van der Waals surface area contributed by atoms with Gasteiger partial charge in [-0.1, -0.05) is 6.42 Å². The molecule has 0 bridgehead atoms. The second kappa shape index (κ2) is 5.73. The summed E-state index contributed by atoms with van der Waals surface area (Å²) in [5.74, 6) is -0.832. The summed E-state index contributed by atoms with van der Waals surface area (Å²) < 4.78 is 39.5. The van der Waals surface area contributed by atoms with Crippen molar-refractivity contribution in [3.05, 3.63) is 24.1 Å². The zero-order chi connectivity index (χ0) is 13.0. The van der Waals surface area contributed by atoms with Crippen LogP contribution in [0.15, 0.2) is 23.4 Å². The second-order valence-electron chi connectivity index (χ2n) is 4.29. The molecule has 2 heterocycles. The van der Waals surface area contributed by atoms with Gasteiger partial charge in [-0.2, -0.15) is 0 Å². The van der Waals surface area contributed by atoms with Crippen molar-refractivity contribution in [3.8, 4) is 0 Å². The third-order valence-corrected chi connectivity index (χ3v) is 4.27. The summed E-state index contributed by atoms with van der Waals surface area (Å²) in [5.41, 5.74) is 0. The van der Waals surface area contributed by atoms with E-state index < -0.39 is 20.9 Å². The molecule has 2 N–H and O–H groups in total. The largest absolute Gasteiger partial charge is 0.313 e. The smallest absolute Gasteiger partial charge is 0.261 e. The first-order valence-electron chi connectivity index (χ1n) is 5.93. The van der Waals surface area contributed by atoms with Crippen molar-refractivity contribution in [1.82, 2.24) is 15.0 Å². The molecule has 0 spiro atoms. The van der Waals surface area contributed by atoms with Crippen molar-refractivity contribution in [2.24, 2.45) is 0 Å². The minimum absolute atomic E-state index is 0.111. The van der Waals surface area contributed by atoms with E-state index in [0.29, 0.717) is 0 Å². The van der Waals surface area contributed by atoms with Crippen LogP contribution in [0.1, 0.15) is 19.3 Å². The fourth-order valence-corrected chi connectivity index (χ4v) is 3.03. The van der Waals surface area contributed by atoms with E-state index in [9.17, 15) is 12.8 Å². The summed E-state index contributed by atoms with van der Waals surface area (Å²) in [4.78, 5) is 3.57. The van der Waals surface area contributed by atoms with Crippen LogP contribution in [-0.2, 0) is 10.0 Å². The third kappa shape index (κ3) is 3.24. The van der Waals surface area contributed by atoms with E-state index in [4.69, 9.17) is 0 Å². The van der Waals surface area contributed by atoms with Crippen molar-refractivity contribution >= 4 is 10.0 Å². The van der Waals surface area contributed by atoms with Gasteiger partial charge >= 0.3 is 0 Å². The van der Waals surface area contributed by atoms with E-state index in [-0.39, 0.29) is 12.6 Å². The van der Waals surface area contributed by atoms with E-state index in [1.807, 2.05) is 0 Å². The molecule has 1 aliphatic heterocycles. The lowest BCUT2D eigenvalue weighted by atomic mass is 10.1. The zero-order valence-corrected chi connectivity index (χ0v) is 10.7. The maximum atomic E-state index is 13.4. The normalized spacial score (nSPS) is 20.8. The van der Waals surface area contributed by atoms with Gasteiger partial charge in [0.25, 0.3) is 10.0 Å². The van der Waals surface area contributed by atoms with Gasteiger partial charge in [0, 0.05) is 18.8 Å². The van der Waals surface area contributed by atoms with E-state index in [0.717, 1.165) is 31.9 Å². The Labute approximate surface area is 106 Å². The van der Waals surface area contributed by atoms with Crippen LogP contribution in [-0.4, -0.2) is 32.5 Å². The maximum absolute atomic E-state index is 13.4. The van der Waals surface area contributed by atoms with Crippen LogP contribution in [0.3, 0.4) is 0 Å². The van der Waals surface area contributed by atoms with Crippen molar-refractivity contribution in [3.63, 3.8) is 0 Å². The van der Waals surface area contributed by atoms with Crippen molar-refractivity contribution in [2.75, 3.05) is 13.1 Å². The fraction of sp³-hybridized carbons (Fsp3) is 0.545. The van der Waals surface area contributed by atoms with Crippen molar-refractivity contribution in [2.45, 2.75) is 30.3 Å². The molecule has 1 unspecified atom stereocenters. The molecule has 0 aliphatic carbocycles. The van der Waals surface area contributed by atoms with Gasteiger partial charge in [0.1, 0.15) is 0 Å². The molecule has 0 amide bonds. The molecule has 7 heteroatoms. The lowest BCUT2D eigenvalue weighted by Gasteiger charge is -2.23. The van der Waals surface area contributed by atoms with E-state index in [1.165, 1.54) is 12.3 Å². The molecule has 100 valence electrons. The monoisotopic (exact) mass is 273 g/mol.